The molecule has 2 rings (SSSR count). The van der Waals surface area contributed by atoms with Gasteiger partial charge in [0.1, 0.15) is 12.4 Å². The number of hydrogen-bond donors (Lipinski definition) is 2. The summed E-state index contributed by atoms with van der Waals surface area (Å²) in [5.74, 6) is -0.707. The van der Waals surface area contributed by atoms with E-state index in [2.05, 4.69) is 15.4 Å². The van der Waals surface area contributed by atoms with Gasteiger partial charge in [-0.05, 0) is 49.4 Å². The SMILES string of the molecule is COC(=O)CNC(=O)NCCC1CCN(S(=O)(=O)c2ccc(F)cc2)CC1. The molecular weight excluding hydrogens is 377 g/mol. The molecule has 2 amide bonds. The van der Waals surface area contributed by atoms with Crippen LogP contribution < -0.4 is 10.6 Å². The second-order valence-electron chi connectivity index (χ2n) is 6.28. The lowest BCUT2D eigenvalue weighted by atomic mass is 9.95. The molecular formula is C17H24FN3O5S. The summed E-state index contributed by atoms with van der Waals surface area (Å²) in [4.78, 5) is 22.5. The molecule has 1 aliphatic heterocycles. The molecule has 0 spiro atoms. The Bertz CT molecular complexity index is 746. The fourth-order valence-corrected chi connectivity index (χ4v) is 4.34. The van der Waals surface area contributed by atoms with Crippen LogP contribution in [-0.4, -0.2) is 58.0 Å². The van der Waals surface area contributed by atoms with Crippen molar-refractivity contribution < 1.29 is 27.1 Å². The summed E-state index contributed by atoms with van der Waals surface area (Å²) in [6.07, 6.45) is 2.09. The lowest BCUT2D eigenvalue weighted by molar-refractivity contribution is -0.139. The highest BCUT2D eigenvalue weighted by Gasteiger charge is 2.29. The first-order valence-corrected chi connectivity index (χ1v) is 10.1. The second-order valence-corrected chi connectivity index (χ2v) is 8.21. The summed E-state index contributed by atoms with van der Waals surface area (Å²) in [6.45, 7) is 1.02. The number of methoxy groups -OCH3 is 1. The number of ether oxygens (including phenoxy) is 1. The number of nitrogens with one attached hydrogen (secondary N) is 2. The first-order chi connectivity index (χ1) is 12.8. The number of sulfonamides is 1. The third kappa shape index (κ3) is 6.17. The first kappa shape index (κ1) is 21.1. The molecule has 1 aromatic rings. The number of nitrogens with zero attached hydrogens (tertiary/aromatic N) is 1. The normalized spacial score (nSPS) is 15.9. The second kappa shape index (κ2) is 9.65. The number of carbonyl (C=O) groups excluding carboxylic acids is 2. The van der Waals surface area contributed by atoms with Gasteiger partial charge in [-0.15, -0.1) is 0 Å². The Balaban J connectivity index is 1.73. The molecule has 1 heterocycles. The number of halogens is 1. The van der Waals surface area contributed by atoms with E-state index < -0.39 is 27.8 Å². The highest BCUT2D eigenvalue weighted by atomic mass is 32.2. The van der Waals surface area contributed by atoms with Gasteiger partial charge in [0.05, 0.1) is 12.0 Å². The lowest BCUT2D eigenvalue weighted by Crippen LogP contribution is -2.41. The van der Waals surface area contributed by atoms with Crippen LogP contribution in [0.4, 0.5) is 9.18 Å². The molecule has 0 aromatic heterocycles. The quantitative estimate of drug-likeness (QED) is 0.666. The van der Waals surface area contributed by atoms with Crippen molar-refractivity contribution in [2.75, 3.05) is 33.3 Å². The number of benzene rings is 1. The monoisotopic (exact) mass is 401 g/mol. The Morgan fingerprint density at radius 1 is 1.19 bits per heavy atom. The Morgan fingerprint density at radius 3 is 2.41 bits per heavy atom. The van der Waals surface area contributed by atoms with Crippen LogP contribution in [0.2, 0.25) is 0 Å². The molecule has 0 aliphatic carbocycles. The third-order valence-electron chi connectivity index (χ3n) is 4.48. The molecule has 1 aliphatic rings. The highest BCUT2D eigenvalue weighted by molar-refractivity contribution is 7.89. The Hall–Kier alpha value is -2.20. The van der Waals surface area contributed by atoms with Gasteiger partial charge in [0.25, 0.3) is 0 Å². The van der Waals surface area contributed by atoms with E-state index in [1.54, 1.807) is 0 Å². The molecule has 0 saturated carbocycles. The van der Waals surface area contributed by atoms with Crippen LogP contribution in [0, 0.1) is 11.7 Å². The predicted octanol–water partition coefficient (Wildman–Crippen LogP) is 1.09. The van der Waals surface area contributed by atoms with Crippen molar-refractivity contribution in [3.63, 3.8) is 0 Å². The number of hydrogen-bond acceptors (Lipinski definition) is 5. The predicted molar refractivity (Wildman–Crippen MR) is 95.9 cm³/mol. The average molecular weight is 401 g/mol. The average Bonchev–Trinajstić information content (AvgIpc) is 2.67. The first-order valence-electron chi connectivity index (χ1n) is 8.67. The van der Waals surface area contributed by atoms with Gasteiger partial charge in [-0.25, -0.2) is 17.6 Å². The van der Waals surface area contributed by atoms with E-state index in [0.29, 0.717) is 38.4 Å². The Labute approximate surface area is 158 Å². The molecule has 0 bridgehead atoms. The number of carbonyl (C=O) groups is 2. The van der Waals surface area contributed by atoms with Crippen LogP contribution in [0.5, 0.6) is 0 Å². The van der Waals surface area contributed by atoms with Crippen molar-refractivity contribution in [1.29, 1.82) is 0 Å². The van der Waals surface area contributed by atoms with E-state index in [9.17, 15) is 22.4 Å². The molecule has 0 unspecified atom stereocenters. The number of rotatable bonds is 7. The van der Waals surface area contributed by atoms with Crippen molar-refractivity contribution in [1.82, 2.24) is 14.9 Å². The van der Waals surface area contributed by atoms with Gasteiger partial charge in [-0.2, -0.15) is 4.31 Å². The Morgan fingerprint density at radius 2 is 1.81 bits per heavy atom. The highest BCUT2D eigenvalue weighted by Crippen LogP contribution is 2.25. The van der Waals surface area contributed by atoms with E-state index in [1.807, 2.05) is 0 Å². The number of esters is 1. The molecule has 0 atom stereocenters. The summed E-state index contributed by atoms with van der Waals surface area (Å²) in [5.41, 5.74) is 0. The zero-order valence-corrected chi connectivity index (χ0v) is 15.9. The van der Waals surface area contributed by atoms with E-state index in [0.717, 1.165) is 18.6 Å². The van der Waals surface area contributed by atoms with Crippen LogP contribution in [0.1, 0.15) is 19.3 Å². The summed E-state index contributed by atoms with van der Waals surface area (Å²) in [6, 6.07) is 4.37. The fraction of sp³-hybridized carbons (Fsp3) is 0.529. The van der Waals surface area contributed by atoms with E-state index in [1.165, 1.54) is 23.5 Å². The summed E-state index contributed by atoms with van der Waals surface area (Å²) < 4.78 is 43.9. The molecule has 1 fully saturated rings. The third-order valence-corrected chi connectivity index (χ3v) is 6.40. The zero-order chi connectivity index (χ0) is 19.9. The maximum Gasteiger partial charge on any atom is 0.325 e. The van der Waals surface area contributed by atoms with E-state index in [-0.39, 0.29) is 11.4 Å². The van der Waals surface area contributed by atoms with Crippen molar-refractivity contribution >= 4 is 22.0 Å². The Kier molecular flexibility index (Phi) is 7.55. The van der Waals surface area contributed by atoms with E-state index in [4.69, 9.17) is 0 Å². The molecule has 10 heteroatoms. The zero-order valence-electron chi connectivity index (χ0n) is 15.1. The number of urea groups is 1. The molecule has 1 aromatic carbocycles. The number of amides is 2. The van der Waals surface area contributed by atoms with Crippen LogP contribution in [0.3, 0.4) is 0 Å². The summed E-state index contributed by atoms with van der Waals surface area (Å²) in [7, 11) is -2.37. The minimum atomic E-state index is -3.61. The van der Waals surface area contributed by atoms with Crippen molar-refractivity contribution in [2.24, 2.45) is 5.92 Å². The standard InChI is InChI=1S/C17H24FN3O5S/c1-26-16(22)12-20-17(23)19-9-6-13-7-10-21(11-8-13)27(24,25)15-4-2-14(18)3-5-15/h2-5,13H,6-12H2,1H3,(H2,19,20,23). The molecule has 150 valence electrons. The van der Waals surface area contributed by atoms with E-state index >= 15 is 0 Å². The van der Waals surface area contributed by atoms with Gasteiger partial charge in [0.15, 0.2) is 0 Å². The summed E-state index contributed by atoms with van der Waals surface area (Å²) in [5, 5.41) is 5.04. The minimum absolute atomic E-state index is 0.0892. The van der Waals surface area contributed by atoms with Gasteiger partial charge >= 0.3 is 12.0 Å². The van der Waals surface area contributed by atoms with Crippen LogP contribution in [-0.2, 0) is 19.6 Å². The smallest absolute Gasteiger partial charge is 0.325 e. The molecule has 27 heavy (non-hydrogen) atoms. The van der Waals surface area contributed by atoms with Gasteiger partial charge in [-0.1, -0.05) is 0 Å². The molecule has 8 nitrogen and oxygen atoms in total. The van der Waals surface area contributed by atoms with Gasteiger partial charge in [-0.3, -0.25) is 4.79 Å². The van der Waals surface area contributed by atoms with Crippen molar-refractivity contribution in [3.05, 3.63) is 30.1 Å². The minimum Gasteiger partial charge on any atom is -0.468 e. The summed E-state index contributed by atoms with van der Waals surface area (Å²) >= 11 is 0. The van der Waals surface area contributed by atoms with Gasteiger partial charge in [0, 0.05) is 19.6 Å². The molecule has 2 N–H and O–H groups in total. The molecule has 1 saturated heterocycles. The number of piperidine rings is 1. The van der Waals surface area contributed by atoms with Crippen molar-refractivity contribution in [3.8, 4) is 0 Å². The van der Waals surface area contributed by atoms with Crippen LogP contribution in [0.15, 0.2) is 29.2 Å². The fourth-order valence-electron chi connectivity index (χ4n) is 2.87. The van der Waals surface area contributed by atoms with Gasteiger partial charge < -0.3 is 15.4 Å². The topological polar surface area (TPSA) is 105 Å². The lowest BCUT2D eigenvalue weighted by Gasteiger charge is -2.31. The van der Waals surface area contributed by atoms with Gasteiger partial charge in [0.2, 0.25) is 10.0 Å². The maximum atomic E-state index is 13.0. The van der Waals surface area contributed by atoms with Crippen molar-refractivity contribution in [2.45, 2.75) is 24.2 Å². The molecule has 0 radical (unpaired) electrons. The largest absolute Gasteiger partial charge is 0.468 e. The maximum absolute atomic E-state index is 13.0. The van der Waals surface area contributed by atoms with Crippen LogP contribution >= 0.6 is 0 Å². The van der Waals surface area contributed by atoms with Crippen LogP contribution in [0.25, 0.3) is 0 Å².